The maximum atomic E-state index is 13.0. The van der Waals surface area contributed by atoms with Crippen molar-refractivity contribution in [2.24, 2.45) is 5.92 Å². The smallest absolute Gasteiger partial charge is 0.272 e. The number of hydrogen-bond donors (Lipinski definition) is 1. The SMILES string of the molecule is CC1CCCCC1NC(=O)c1nn(C2CCCCC2)c2c1CCCC2. The Morgan fingerprint density at radius 2 is 1.68 bits per heavy atom. The van der Waals surface area contributed by atoms with Crippen molar-refractivity contribution >= 4 is 5.91 Å². The molecule has 1 amide bonds. The number of hydrogen-bond acceptors (Lipinski definition) is 2. The quantitative estimate of drug-likeness (QED) is 0.873. The molecule has 0 bridgehead atoms. The van der Waals surface area contributed by atoms with Crippen molar-refractivity contribution in [2.45, 2.75) is 102 Å². The molecule has 3 aliphatic rings. The Hall–Kier alpha value is -1.32. The number of carbonyl (C=O) groups is 1. The molecule has 1 aromatic heterocycles. The molecule has 1 aromatic rings. The second-order valence-corrected chi connectivity index (χ2v) is 8.56. The van der Waals surface area contributed by atoms with E-state index < -0.39 is 0 Å². The molecule has 2 saturated carbocycles. The van der Waals surface area contributed by atoms with E-state index in [2.05, 4.69) is 16.9 Å². The van der Waals surface area contributed by atoms with Crippen LogP contribution >= 0.6 is 0 Å². The average Bonchev–Trinajstić information content (AvgIpc) is 3.04. The third-order valence-electron chi connectivity index (χ3n) is 6.77. The highest BCUT2D eigenvalue weighted by Crippen LogP contribution is 2.33. The van der Waals surface area contributed by atoms with E-state index in [1.165, 1.54) is 75.5 Å². The number of nitrogens with zero attached hydrogens (tertiary/aromatic N) is 2. The second kappa shape index (κ2) is 7.51. The molecule has 0 radical (unpaired) electrons. The number of fused-ring (bicyclic) bond motifs is 1. The summed E-state index contributed by atoms with van der Waals surface area (Å²) >= 11 is 0. The molecule has 0 saturated heterocycles. The van der Waals surface area contributed by atoms with E-state index >= 15 is 0 Å². The fourth-order valence-corrected chi connectivity index (χ4v) is 5.20. The van der Waals surface area contributed by atoms with Crippen molar-refractivity contribution in [3.63, 3.8) is 0 Å². The van der Waals surface area contributed by atoms with Gasteiger partial charge in [0.1, 0.15) is 0 Å². The minimum absolute atomic E-state index is 0.0893. The number of carbonyl (C=O) groups excluding carboxylic acids is 1. The van der Waals surface area contributed by atoms with Gasteiger partial charge in [0.2, 0.25) is 0 Å². The van der Waals surface area contributed by atoms with E-state index in [0.717, 1.165) is 25.0 Å². The van der Waals surface area contributed by atoms with Crippen LogP contribution in [0.5, 0.6) is 0 Å². The number of amides is 1. The molecule has 0 aromatic carbocycles. The molecule has 3 aliphatic carbocycles. The van der Waals surface area contributed by atoms with Gasteiger partial charge in [0.05, 0.1) is 6.04 Å². The topological polar surface area (TPSA) is 46.9 Å². The second-order valence-electron chi connectivity index (χ2n) is 8.56. The van der Waals surface area contributed by atoms with Gasteiger partial charge in [-0.25, -0.2) is 0 Å². The first-order valence-corrected chi connectivity index (χ1v) is 10.6. The van der Waals surface area contributed by atoms with Crippen molar-refractivity contribution < 1.29 is 4.79 Å². The van der Waals surface area contributed by atoms with Crippen molar-refractivity contribution in [1.82, 2.24) is 15.1 Å². The Balaban J connectivity index is 1.58. The van der Waals surface area contributed by atoms with Crippen LogP contribution in [0.15, 0.2) is 0 Å². The van der Waals surface area contributed by atoms with Gasteiger partial charge in [-0.15, -0.1) is 0 Å². The van der Waals surface area contributed by atoms with E-state index in [9.17, 15) is 4.79 Å². The summed E-state index contributed by atoms with van der Waals surface area (Å²) in [7, 11) is 0. The van der Waals surface area contributed by atoms with Crippen LogP contribution in [0.3, 0.4) is 0 Å². The van der Waals surface area contributed by atoms with Crippen LogP contribution in [0.2, 0.25) is 0 Å². The Labute approximate surface area is 151 Å². The highest BCUT2D eigenvalue weighted by Gasteiger charge is 2.30. The Bertz CT molecular complexity index is 615. The lowest BCUT2D eigenvalue weighted by atomic mass is 9.86. The molecular weight excluding hydrogens is 310 g/mol. The van der Waals surface area contributed by atoms with E-state index in [1.54, 1.807) is 0 Å². The highest BCUT2D eigenvalue weighted by atomic mass is 16.2. The van der Waals surface area contributed by atoms with Crippen LogP contribution in [0.25, 0.3) is 0 Å². The van der Waals surface area contributed by atoms with Crippen LogP contribution < -0.4 is 5.32 Å². The molecule has 4 rings (SSSR count). The maximum Gasteiger partial charge on any atom is 0.272 e. The minimum atomic E-state index is 0.0893. The summed E-state index contributed by atoms with van der Waals surface area (Å²) in [6, 6.07) is 0.857. The minimum Gasteiger partial charge on any atom is -0.348 e. The summed E-state index contributed by atoms with van der Waals surface area (Å²) in [6.07, 6.45) is 15.9. The molecule has 2 unspecified atom stereocenters. The van der Waals surface area contributed by atoms with E-state index in [1.807, 2.05) is 0 Å². The molecule has 1 heterocycles. The van der Waals surface area contributed by atoms with Crippen molar-refractivity contribution in [3.8, 4) is 0 Å². The lowest BCUT2D eigenvalue weighted by Gasteiger charge is -2.29. The molecule has 2 atom stereocenters. The van der Waals surface area contributed by atoms with Gasteiger partial charge >= 0.3 is 0 Å². The fourth-order valence-electron chi connectivity index (χ4n) is 5.20. The summed E-state index contributed by atoms with van der Waals surface area (Å²) in [5.74, 6) is 0.681. The Morgan fingerprint density at radius 3 is 2.48 bits per heavy atom. The average molecular weight is 344 g/mol. The summed E-state index contributed by atoms with van der Waals surface area (Å²) in [6.45, 7) is 2.28. The predicted octanol–water partition coefficient (Wildman–Crippen LogP) is 4.58. The van der Waals surface area contributed by atoms with Gasteiger partial charge in [0.15, 0.2) is 5.69 Å². The highest BCUT2D eigenvalue weighted by molar-refractivity contribution is 5.94. The van der Waals surface area contributed by atoms with Gasteiger partial charge in [-0.2, -0.15) is 5.10 Å². The zero-order chi connectivity index (χ0) is 17.2. The lowest BCUT2D eigenvalue weighted by Crippen LogP contribution is -2.41. The monoisotopic (exact) mass is 343 g/mol. The number of rotatable bonds is 3. The summed E-state index contributed by atoms with van der Waals surface area (Å²) in [4.78, 5) is 13.0. The lowest BCUT2D eigenvalue weighted by molar-refractivity contribution is 0.0902. The van der Waals surface area contributed by atoms with E-state index in [4.69, 9.17) is 5.10 Å². The molecule has 1 N–H and O–H groups in total. The first-order valence-electron chi connectivity index (χ1n) is 10.6. The summed E-state index contributed by atoms with van der Waals surface area (Å²) < 4.78 is 2.27. The van der Waals surface area contributed by atoms with Crippen LogP contribution in [-0.4, -0.2) is 21.7 Å². The predicted molar refractivity (Wildman–Crippen MR) is 99.9 cm³/mol. The molecule has 4 heteroatoms. The van der Waals surface area contributed by atoms with Crippen molar-refractivity contribution in [3.05, 3.63) is 17.0 Å². The molecule has 25 heavy (non-hydrogen) atoms. The first kappa shape index (κ1) is 17.1. The van der Waals surface area contributed by atoms with Crippen LogP contribution in [0.1, 0.15) is 105 Å². The zero-order valence-electron chi connectivity index (χ0n) is 15.7. The normalized spacial score (nSPS) is 27.7. The largest absolute Gasteiger partial charge is 0.348 e. The van der Waals surface area contributed by atoms with Gasteiger partial charge in [-0.05, 0) is 57.3 Å². The molecule has 0 aliphatic heterocycles. The molecular formula is C21H33N3O. The van der Waals surface area contributed by atoms with Crippen LogP contribution in [0, 0.1) is 5.92 Å². The van der Waals surface area contributed by atoms with Crippen molar-refractivity contribution in [1.29, 1.82) is 0 Å². The third kappa shape index (κ3) is 3.50. The number of nitrogens with one attached hydrogen (secondary N) is 1. The maximum absolute atomic E-state index is 13.0. The number of aromatic nitrogens is 2. The van der Waals surface area contributed by atoms with Crippen LogP contribution in [-0.2, 0) is 12.8 Å². The van der Waals surface area contributed by atoms with Crippen molar-refractivity contribution in [2.75, 3.05) is 0 Å². The first-order chi connectivity index (χ1) is 12.2. The Kier molecular flexibility index (Phi) is 5.14. The van der Waals surface area contributed by atoms with Gasteiger partial charge in [-0.3, -0.25) is 9.48 Å². The standard InChI is InChI=1S/C21H33N3O/c1-15-9-5-7-13-18(15)22-21(25)20-17-12-6-8-14-19(17)24(23-20)16-10-3-2-4-11-16/h15-16,18H,2-14H2,1H3,(H,22,25). The van der Waals surface area contributed by atoms with Gasteiger partial charge < -0.3 is 5.32 Å². The molecule has 4 nitrogen and oxygen atoms in total. The molecule has 2 fully saturated rings. The summed E-state index contributed by atoms with van der Waals surface area (Å²) in [5.41, 5.74) is 3.39. The van der Waals surface area contributed by atoms with E-state index in [-0.39, 0.29) is 5.91 Å². The zero-order valence-corrected chi connectivity index (χ0v) is 15.7. The summed E-state index contributed by atoms with van der Waals surface area (Å²) in [5, 5.41) is 8.25. The van der Waals surface area contributed by atoms with Gasteiger partial charge in [-0.1, -0.05) is 39.0 Å². The van der Waals surface area contributed by atoms with Crippen LogP contribution in [0.4, 0.5) is 0 Å². The molecule has 0 spiro atoms. The Morgan fingerprint density at radius 1 is 0.960 bits per heavy atom. The van der Waals surface area contributed by atoms with Gasteiger partial charge in [0.25, 0.3) is 5.91 Å². The van der Waals surface area contributed by atoms with Gasteiger partial charge in [0, 0.05) is 17.3 Å². The third-order valence-corrected chi connectivity index (χ3v) is 6.77. The fraction of sp³-hybridized carbons (Fsp3) is 0.810. The van der Waals surface area contributed by atoms with E-state index in [0.29, 0.717) is 18.0 Å². The molecule has 138 valence electrons.